The zero-order valence-corrected chi connectivity index (χ0v) is 6.47. The lowest BCUT2D eigenvalue weighted by atomic mass is 10.3. The lowest BCUT2D eigenvalue weighted by molar-refractivity contribution is 0.0760. The summed E-state index contributed by atoms with van der Waals surface area (Å²) in [6, 6.07) is -1.85. The zero-order valence-electron chi connectivity index (χ0n) is 4.84. The first-order chi connectivity index (χ1) is 3.55. The SMILES string of the molecule is Cl.Cl.NC(F)C(N)C(F)F. The molecule has 0 fully saturated rings. The number of halogens is 5. The van der Waals surface area contributed by atoms with Crippen molar-refractivity contribution in [2.75, 3.05) is 0 Å². The smallest absolute Gasteiger partial charge is 0.257 e. The average molecular weight is 201 g/mol. The van der Waals surface area contributed by atoms with E-state index in [0.717, 1.165) is 0 Å². The maximum Gasteiger partial charge on any atom is 0.257 e. The second-order valence-corrected chi connectivity index (χ2v) is 1.36. The molecule has 0 saturated carbocycles. The Labute approximate surface area is 69.0 Å². The number of hydrogen-bond donors (Lipinski definition) is 2. The summed E-state index contributed by atoms with van der Waals surface area (Å²) in [5.74, 6) is 0. The van der Waals surface area contributed by atoms with Gasteiger partial charge in [0.2, 0.25) is 0 Å². The molecule has 0 aliphatic heterocycles. The maximum atomic E-state index is 11.5. The Bertz CT molecular complexity index is 64.8. The summed E-state index contributed by atoms with van der Waals surface area (Å²) in [5, 5.41) is 0. The van der Waals surface area contributed by atoms with Gasteiger partial charge < -0.3 is 11.5 Å². The van der Waals surface area contributed by atoms with E-state index in [-0.39, 0.29) is 24.8 Å². The van der Waals surface area contributed by atoms with E-state index in [9.17, 15) is 13.2 Å². The van der Waals surface area contributed by atoms with Crippen LogP contribution in [0.1, 0.15) is 0 Å². The van der Waals surface area contributed by atoms with Gasteiger partial charge in [-0.2, -0.15) is 0 Å². The van der Waals surface area contributed by atoms with Gasteiger partial charge in [-0.25, -0.2) is 13.2 Å². The van der Waals surface area contributed by atoms with E-state index >= 15 is 0 Å². The fourth-order valence-corrected chi connectivity index (χ4v) is 0.139. The van der Waals surface area contributed by atoms with Gasteiger partial charge in [0.25, 0.3) is 6.43 Å². The van der Waals surface area contributed by atoms with E-state index in [0.29, 0.717) is 0 Å². The average Bonchev–Trinajstić information content (AvgIpc) is 1.64. The van der Waals surface area contributed by atoms with Crippen LogP contribution in [0.5, 0.6) is 0 Å². The van der Waals surface area contributed by atoms with Crippen molar-refractivity contribution >= 4 is 24.8 Å². The van der Waals surface area contributed by atoms with Crippen molar-refractivity contribution in [1.82, 2.24) is 0 Å². The van der Waals surface area contributed by atoms with E-state index in [2.05, 4.69) is 11.5 Å². The molecule has 7 heteroatoms. The minimum absolute atomic E-state index is 0. The largest absolute Gasteiger partial charge is 0.319 e. The predicted octanol–water partition coefficient (Wildman–Crippen LogP) is 0.677. The monoisotopic (exact) mass is 200 g/mol. The molecule has 0 rings (SSSR count). The van der Waals surface area contributed by atoms with E-state index < -0.39 is 18.8 Å². The third kappa shape index (κ3) is 6.41. The van der Waals surface area contributed by atoms with E-state index in [1.165, 1.54) is 0 Å². The minimum Gasteiger partial charge on any atom is -0.319 e. The first-order valence-corrected chi connectivity index (χ1v) is 1.99. The number of hydrogen-bond acceptors (Lipinski definition) is 2. The van der Waals surface area contributed by atoms with E-state index in [4.69, 9.17) is 0 Å². The predicted molar refractivity (Wildman–Crippen MR) is 37.6 cm³/mol. The molecule has 0 radical (unpaired) electrons. The van der Waals surface area contributed by atoms with Crippen LogP contribution in [0.2, 0.25) is 0 Å². The van der Waals surface area contributed by atoms with Crippen LogP contribution in [0.3, 0.4) is 0 Å². The Morgan fingerprint density at radius 3 is 1.20 bits per heavy atom. The molecule has 0 bridgehead atoms. The molecular formula is C3H9Cl2F3N2. The molecule has 0 spiro atoms. The van der Waals surface area contributed by atoms with Gasteiger partial charge in [0, 0.05) is 0 Å². The fourth-order valence-electron chi connectivity index (χ4n) is 0.139. The van der Waals surface area contributed by atoms with Crippen molar-refractivity contribution in [1.29, 1.82) is 0 Å². The van der Waals surface area contributed by atoms with Crippen LogP contribution in [0.25, 0.3) is 0 Å². The molecule has 0 amide bonds. The number of rotatable bonds is 2. The minimum atomic E-state index is -2.88. The Balaban J connectivity index is -0.000000245. The molecule has 0 aromatic heterocycles. The third-order valence-electron chi connectivity index (χ3n) is 0.659. The lowest BCUT2D eigenvalue weighted by Gasteiger charge is -2.09. The third-order valence-corrected chi connectivity index (χ3v) is 0.659. The second kappa shape index (κ2) is 7.40. The highest BCUT2D eigenvalue weighted by Crippen LogP contribution is 2.00. The Kier molecular flexibility index (Phi) is 12.4. The van der Waals surface area contributed by atoms with Gasteiger partial charge in [-0.1, -0.05) is 0 Å². The molecule has 0 saturated heterocycles. The van der Waals surface area contributed by atoms with Crippen LogP contribution in [0.4, 0.5) is 13.2 Å². The van der Waals surface area contributed by atoms with E-state index in [1.54, 1.807) is 0 Å². The van der Waals surface area contributed by atoms with Gasteiger partial charge in [-0.15, -0.1) is 24.8 Å². The highest BCUT2D eigenvalue weighted by Gasteiger charge is 2.21. The molecule has 2 atom stereocenters. The Hall–Kier alpha value is 0.290. The van der Waals surface area contributed by atoms with Gasteiger partial charge >= 0.3 is 0 Å². The highest BCUT2D eigenvalue weighted by molar-refractivity contribution is 5.85. The number of alkyl halides is 3. The van der Waals surface area contributed by atoms with Gasteiger partial charge in [0.1, 0.15) is 6.04 Å². The van der Waals surface area contributed by atoms with Crippen LogP contribution < -0.4 is 11.5 Å². The van der Waals surface area contributed by atoms with E-state index in [1.807, 2.05) is 0 Å². The second-order valence-electron chi connectivity index (χ2n) is 1.36. The van der Waals surface area contributed by atoms with Crippen molar-refractivity contribution in [2.24, 2.45) is 11.5 Å². The van der Waals surface area contributed by atoms with Gasteiger partial charge in [-0.05, 0) is 0 Å². The molecule has 66 valence electrons. The van der Waals surface area contributed by atoms with Crippen LogP contribution in [-0.2, 0) is 0 Å². The molecule has 2 unspecified atom stereocenters. The van der Waals surface area contributed by atoms with Crippen molar-refractivity contribution in [2.45, 2.75) is 18.8 Å². The molecule has 0 aliphatic carbocycles. The van der Waals surface area contributed by atoms with Crippen molar-refractivity contribution in [3.63, 3.8) is 0 Å². The fraction of sp³-hybridized carbons (Fsp3) is 1.00. The van der Waals surface area contributed by atoms with Crippen molar-refractivity contribution in [3.05, 3.63) is 0 Å². The molecule has 4 N–H and O–H groups in total. The standard InChI is InChI=1S/C3H7F3N2.2ClH/c4-2(5)1(7)3(6)8;;/h1-3H,7-8H2;2*1H. The summed E-state index contributed by atoms with van der Waals surface area (Å²) in [4.78, 5) is 0. The van der Waals surface area contributed by atoms with Crippen LogP contribution >= 0.6 is 24.8 Å². The molecule has 0 aliphatic rings. The number of nitrogens with two attached hydrogens (primary N) is 2. The summed E-state index contributed by atoms with van der Waals surface area (Å²) in [6.07, 6.45) is -5.01. The van der Waals surface area contributed by atoms with Crippen LogP contribution in [0.15, 0.2) is 0 Å². The molecule has 2 nitrogen and oxygen atoms in total. The lowest BCUT2D eigenvalue weighted by Crippen LogP contribution is -2.43. The quantitative estimate of drug-likeness (QED) is 0.645. The molecule has 0 aromatic rings. The molecule has 0 heterocycles. The maximum absolute atomic E-state index is 11.5. The van der Waals surface area contributed by atoms with Crippen LogP contribution in [-0.4, -0.2) is 18.8 Å². The topological polar surface area (TPSA) is 52.0 Å². The summed E-state index contributed by atoms with van der Waals surface area (Å²) in [6.45, 7) is 0. The molecular weight excluding hydrogens is 192 g/mol. The highest BCUT2D eigenvalue weighted by atomic mass is 35.5. The first-order valence-electron chi connectivity index (χ1n) is 1.99. The molecule has 0 aromatic carbocycles. The van der Waals surface area contributed by atoms with Gasteiger partial charge in [-0.3, -0.25) is 0 Å². The Morgan fingerprint density at radius 2 is 1.20 bits per heavy atom. The van der Waals surface area contributed by atoms with Crippen molar-refractivity contribution in [3.8, 4) is 0 Å². The molecule has 10 heavy (non-hydrogen) atoms. The normalized spacial score (nSPS) is 15.0. The summed E-state index contributed by atoms with van der Waals surface area (Å²) < 4.78 is 34.0. The van der Waals surface area contributed by atoms with Crippen LogP contribution in [0, 0.1) is 0 Å². The van der Waals surface area contributed by atoms with Crippen molar-refractivity contribution < 1.29 is 13.2 Å². The zero-order chi connectivity index (χ0) is 6.73. The van der Waals surface area contributed by atoms with Gasteiger partial charge in [0.05, 0.1) is 0 Å². The Morgan fingerprint density at radius 1 is 0.900 bits per heavy atom. The summed E-state index contributed by atoms with van der Waals surface area (Å²) >= 11 is 0. The van der Waals surface area contributed by atoms with Gasteiger partial charge in [0.15, 0.2) is 6.30 Å². The summed E-state index contributed by atoms with van der Waals surface area (Å²) in [5.41, 5.74) is 8.87. The first kappa shape index (κ1) is 16.7. The summed E-state index contributed by atoms with van der Waals surface area (Å²) in [7, 11) is 0.